The van der Waals surface area contributed by atoms with Gasteiger partial charge in [-0.1, -0.05) is 0 Å². The molecule has 1 aliphatic heterocycles. The lowest BCUT2D eigenvalue weighted by molar-refractivity contribution is 0.110. The zero-order valence-corrected chi connectivity index (χ0v) is 10.3. The molecule has 1 aromatic heterocycles. The minimum Gasteiger partial charge on any atom is -0.377 e. The molecule has 2 heterocycles. The van der Waals surface area contributed by atoms with Gasteiger partial charge in [0.2, 0.25) is 0 Å². The summed E-state index contributed by atoms with van der Waals surface area (Å²) in [7, 11) is 0. The third-order valence-corrected chi connectivity index (χ3v) is 3.31. The first kappa shape index (κ1) is 11.7. The average molecular weight is 222 g/mol. The molecule has 0 unspecified atom stereocenters. The van der Waals surface area contributed by atoms with E-state index in [-0.39, 0.29) is 0 Å². The standard InChI is InChI=1S/C13H22N2O/c1-3-15-11(2)6-7-12(15)9-14-10-13-5-4-8-16-13/h6-7,13-14H,3-5,8-10H2,1-2H3/t13-/m0/s1. The average Bonchev–Trinajstić information content (AvgIpc) is 2.89. The number of ether oxygens (including phenoxy) is 1. The van der Waals surface area contributed by atoms with Gasteiger partial charge in [-0.05, 0) is 38.8 Å². The van der Waals surface area contributed by atoms with Gasteiger partial charge in [-0.15, -0.1) is 0 Å². The molecule has 1 aliphatic rings. The lowest BCUT2D eigenvalue weighted by Crippen LogP contribution is -2.26. The number of hydrogen-bond donors (Lipinski definition) is 1. The molecule has 0 amide bonds. The van der Waals surface area contributed by atoms with Crippen LogP contribution in [0.15, 0.2) is 12.1 Å². The van der Waals surface area contributed by atoms with Crippen molar-refractivity contribution in [1.82, 2.24) is 9.88 Å². The van der Waals surface area contributed by atoms with Crippen molar-refractivity contribution in [3.8, 4) is 0 Å². The molecule has 0 aromatic carbocycles. The van der Waals surface area contributed by atoms with E-state index in [9.17, 15) is 0 Å². The van der Waals surface area contributed by atoms with Gasteiger partial charge in [-0.3, -0.25) is 0 Å². The molecular weight excluding hydrogens is 200 g/mol. The Kier molecular flexibility index (Phi) is 4.02. The quantitative estimate of drug-likeness (QED) is 0.825. The third-order valence-electron chi connectivity index (χ3n) is 3.31. The normalized spacial score (nSPS) is 20.5. The molecule has 1 N–H and O–H groups in total. The summed E-state index contributed by atoms with van der Waals surface area (Å²) in [6, 6.07) is 4.40. The van der Waals surface area contributed by atoms with Gasteiger partial charge in [0.15, 0.2) is 0 Å². The highest BCUT2D eigenvalue weighted by atomic mass is 16.5. The maximum Gasteiger partial charge on any atom is 0.0700 e. The second-order valence-corrected chi connectivity index (χ2v) is 4.48. The van der Waals surface area contributed by atoms with Crippen LogP contribution in [0.2, 0.25) is 0 Å². The number of hydrogen-bond acceptors (Lipinski definition) is 2. The minimum absolute atomic E-state index is 0.436. The number of nitrogens with zero attached hydrogens (tertiary/aromatic N) is 1. The highest BCUT2D eigenvalue weighted by Gasteiger charge is 2.14. The van der Waals surface area contributed by atoms with E-state index in [0.717, 1.165) is 26.2 Å². The van der Waals surface area contributed by atoms with Crippen LogP contribution in [-0.2, 0) is 17.8 Å². The predicted octanol–water partition coefficient (Wildman–Crippen LogP) is 2.09. The third kappa shape index (κ3) is 2.66. The molecule has 0 spiro atoms. The summed E-state index contributed by atoms with van der Waals surface area (Å²) in [5.74, 6) is 0. The summed E-state index contributed by atoms with van der Waals surface area (Å²) < 4.78 is 7.93. The fourth-order valence-corrected chi connectivity index (χ4v) is 2.40. The zero-order valence-electron chi connectivity index (χ0n) is 10.3. The van der Waals surface area contributed by atoms with Crippen LogP contribution in [0.4, 0.5) is 0 Å². The molecule has 0 bridgehead atoms. The predicted molar refractivity (Wildman–Crippen MR) is 65.5 cm³/mol. The molecular formula is C13H22N2O. The lowest BCUT2D eigenvalue weighted by atomic mass is 10.2. The summed E-state index contributed by atoms with van der Waals surface area (Å²) in [5.41, 5.74) is 2.72. The largest absolute Gasteiger partial charge is 0.377 e. The number of rotatable bonds is 5. The fourth-order valence-electron chi connectivity index (χ4n) is 2.40. The minimum atomic E-state index is 0.436. The SMILES string of the molecule is CCn1c(C)ccc1CNC[C@@H]1CCCO1. The second kappa shape index (κ2) is 5.51. The van der Waals surface area contributed by atoms with Crippen LogP contribution in [0.25, 0.3) is 0 Å². The van der Waals surface area contributed by atoms with Gasteiger partial charge in [0, 0.05) is 37.6 Å². The van der Waals surface area contributed by atoms with E-state index in [1.165, 1.54) is 24.2 Å². The van der Waals surface area contributed by atoms with E-state index in [0.29, 0.717) is 6.10 Å². The highest BCUT2D eigenvalue weighted by molar-refractivity contribution is 5.14. The topological polar surface area (TPSA) is 26.2 Å². The van der Waals surface area contributed by atoms with Crippen molar-refractivity contribution in [2.75, 3.05) is 13.2 Å². The van der Waals surface area contributed by atoms with Gasteiger partial charge < -0.3 is 14.6 Å². The first-order valence-corrected chi connectivity index (χ1v) is 6.28. The van der Waals surface area contributed by atoms with E-state index in [1.807, 2.05) is 0 Å². The molecule has 2 rings (SSSR count). The Morgan fingerprint density at radius 3 is 3.06 bits per heavy atom. The van der Waals surface area contributed by atoms with E-state index < -0.39 is 0 Å². The maximum absolute atomic E-state index is 5.58. The zero-order chi connectivity index (χ0) is 11.4. The molecule has 90 valence electrons. The number of aromatic nitrogens is 1. The van der Waals surface area contributed by atoms with E-state index >= 15 is 0 Å². The Balaban J connectivity index is 1.79. The Morgan fingerprint density at radius 2 is 2.38 bits per heavy atom. The fraction of sp³-hybridized carbons (Fsp3) is 0.692. The Bertz CT molecular complexity index is 327. The van der Waals surface area contributed by atoms with Crippen molar-refractivity contribution < 1.29 is 4.74 Å². The van der Waals surface area contributed by atoms with Crippen LogP contribution >= 0.6 is 0 Å². The summed E-state index contributed by atoms with van der Waals surface area (Å²) in [6.45, 7) is 8.27. The lowest BCUT2D eigenvalue weighted by Gasteiger charge is -2.12. The van der Waals surface area contributed by atoms with Crippen molar-refractivity contribution in [3.63, 3.8) is 0 Å². The van der Waals surface area contributed by atoms with Crippen molar-refractivity contribution in [2.45, 2.75) is 45.9 Å². The summed E-state index contributed by atoms with van der Waals surface area (Å²) in [5, 5.41) is 3.49. The van der Waals surface area contributed by atoms with E-state index in [1.54, 1.807) is 0 Å². The first-order valence-electron chi connectivity index (χ1n) is 6.28. The molecule has 1 fully saturated rings. The van der Waals surface area contributed by atoms with Crippen LogP contribution < -0.4 is 5.32 Å². The van der Waals surface area contributed by atoms with Crippen molar-refractivity contribution >= 4 is 0 Å². The van der Waals surface area contributed by atoms with Crippen molar-refractivity contribution in [1.29, 1.82) is 0 Å². The van der Waals surface area contributed by atoms with E-state index in [2.05, 4.69) is 35.9 Å². The van der Waals surface area contributed by atoms with Gasteiger partial charge >= 0.3 is 0 Å². The smallest absolute Gasteiger partial charge is 0.0700 e. The van der Waals surface area contributed by atoms with Gasteiger partial charge in [0.1, 0.15) is 0 Å². The molecule has 0 saturated carbocycles. The molecule has 16 heavy (non-hydrogen) atoms. The summed E-state index contributed by atoms with van der Waals surface area (Å²) >= 11 is 0. The summed E-state index contributed by atoms with van der Waals surface area (Å²) in [6.07, 6.45) is 2.86. The molecule has 0 aliphatic carbocycles. The van der Waals surface area contributed by atoms with Gasteiger partial charge in [0.05, 0.1) is 6.10 Å². The number of aryl methyl sites for hydroxylation is 1. The summed E-state index contributed by atoms with van der Waals surface area (Å²) in [4.78, 5) is 0. The monoisotopic (exact) mass is 222 g/mol. The Hall–Kier alpha value is -0.800. The van der Waals surface area contributed by atoms with Crippen LogP contribution in [-0.4, -0.2) is 23.8 Å². The molecule has 3 heteroatoms. The molecule has 1 atom stereocenters. The maximum atomic E-state index is 5.58. The molecule has 0 radical (unpaired) electrons. The van der Waals surface area contributed by atoms with Crippen molar-refractivity contribution in [3.05, 3.63) is 23.5 Å². The van der Waals surface area contributed by atoms with E-state index in [4.69, 9.17) is 4.74 Å². The van der Waals surface area contributed by atoms with Gasteiger partial charge in [0.25, 0.3) is 0 Å². The van der Waals surface area contributed by atoms with Gasteiger partial charge in [-0.2, -0.15) is 0 Å². The Morgan fingerprint density at radius 1 is 1.50 bits per heavy atom. The van der Waals surface area contributed by atoms with Crippen LogP contribution in [0.3, 0.4) is 0 Å². The van der Waals surface area contributed by atoms with Crippen LogP contribution in [0, 0.1) is 6.92 Å². The first-order chi connectivity index (χ1) is 7.81. The second-order valence-electron chi connectivity index (χ2n) is 4.48. The highest BCUT2D eigenvalue weighted by Crippen LogP contribution is 2.11. The van der Waals surface area contributed by atoms with Crippen LogP contribution in [0.5, 0.6) is 0 Å². The van der Waals surface area contributed by atoms with Crippen LogP contribution in [0.1, 0.15) is 31.2 Å². The Labute approximate surface area is 97.8 Å². The molecule has 3 nitrogen and oxygen atoms in total. The van der Waals surface area contributed by atoms with Gasteiger partial charge in [-0.25, -0.2) is 0 Å². The molecule has 1 aromatic rings. The van der Waals surface area contributed by atoms with Crippen molar-refractivity contribution in [2.24, 2.45) is 0 Å². The molecule has 1 saturated heterocycles. The number of nitrogens with one attached hydrogen (secondary N) is 1.